The lowest BCUT2D eigenvalue weighted by Gasteiger charge is -2.36. The molecule has 1 rings (SSSR count). The first-order valence-corrected chi connectivity index (χ1v) is 9.56. The molecule has 5 nitrogen and oxygen atoms in total. The molecule has 0 spiro atoms. The zero-order chi connectivity index (χ0) is 20.6. The van der Waals surface area contributed by atoms with Gasteiger partial charge in [-0.25, -0.2) is 4.79 Å². The fraction of sp³-hybridized carbons (Fsp3) is 0.545. The first-order chi connectivity index (χ1) is 12.6. The largest absolute Gasteiger partial charge is 0.444 e. The van der Waals surface area contributed by atoms with Gasteiger partial charge in [-0.15, -0.1) is 6.58 Å². The Labute approximate surface area is 163 Å². The van der Waals surface area contributed by atoms with Gasteiger partial charge in [0.15, 0.2) is 0 Å². The first-order valence-electron chi connectivity index (χ1n) is 9.56. The monoisotopic (exact) mass is 374 g/mol. The Kier molecular flexibility index (Phi) is 8.54. The molecule has 0 aliphatic heterocycles. The molecule has 5 heteroatoms. The quantitative estimate of drug-likeness (QED) is 0.671. The van der Waals surface area contributed by atoms with Crippen LogP contribution in [0.2, 0.25) is 0 Å². The number of alkyl carbamates (subject to hydrolysis) is 1. The molecule has 2 unspecified atom stereocenters. The highest BCUT2D eigenvalue weighted by atomic mass is 16.6. The van der Waals surface area contributed by atoms with Crippen LogP contribution in [0.15, 0.2) is 43.0 Å². The first kappa shape index (κ1) is 22.7. The fourth-order valence-electron chi connectivity index (χ4n) is 2.81. The number of nitrogens with one attached hydrogen (secondary N) is 1. The van der Waals surface area contributed by atoms with Crippen LogP contribution in [0, 0.1) is 5.92 Å². The maximum atomic E-state index is 12.9. The molecule has 0 aromatic heterocycles. The molecule has 3 atom stereocenters. The molecule has 0 bridgehead atoms. The van der Waals surface area contributed by atoms with Crippen molar-refractivity contribution in [1.82, 2.24) is 10.2 Å². The summed E-state index contributed by atoms with van der Waals surface area (Å²) in [6.07, 6.45) is 1.97. The number of benzene rings is 1. The predicted octanol–water partition coefficient (Wildman–Crippen LogP) is 4.70. The highest BCUT2D eigenvalue weighted by Crippen LogP contribution is 2.24. The van der Waals surface area contributed by atoms with E-state index in [0.717, 1.165) is 12.0 Å². The number of hydrogen-bond donors (Lipinski definition) is 1. The third kappa shape index (κ3) is 7.08. The molecule has 0 aliphatic carbocycles. The Balaban J connectivity index is 3.17. The van der Waals surface area contributed by atoms with E-state index in [1.165, 1.54) is 0 Å². The summed E-state index contributed by atoms with van der Waals surface area (Å²) in [5.41, 5.74) is 0.323. The fourth-order valence-corrected chi connectivity index (χ4v) is 2.81. The maximum absolute atomic E-state index is 12.9. The van der Waals surface area contributed by atoms with Crippen LogP contribution in [0.5, 0.6) is 0 Å². The van der Waals surface area contributed by atoms with Gasteiger partial charge >= 0.3 is 6.09 Å². The number of ether oxygens (including phenoxy) is 1. The second-order valence-electron chi connectivity index (χ2n) is 7.86. The average Bonchev–Trinajstić information content (AvgIpc) is 2.61. The van der Waals surface area contributed by atoms with E-state index in [1.54, 1.807) is 11.0 Å². The summed E-state index contributed by atoms with van der Waals surface area (Å²) in [5, 5.41) is 2.95. The zero-order valence-electron chi connectivity index (χ0n) is 17.5. The highest BCUT2D eigenvalue weighted by molar-refractivity contribution is 5.79. The molecule has 0 saturated heterocycles. The predicted molar refractivity (Wildman–Crippen MR) is 109 cm³/mol. The molecule has 150 valence electrons. The minimum atomic E-state index is -0.595. The topological polar surface area (TPSA) is 58.6 Å². The molecule has 1 aromatic rings. The van der Waals surface area contributed by atoms with Gasteiger partial charge in [-0.1, -0.05) is 50.3 Å². The Bertz CT molecular complexity index is 622. The molecule has 0 aliphatic rings. The molecule has 0 heterocycles. The molecule has 0 fully saturated rings. The Morgan fingerprint density at radius 1 is 1.22 bits per heavy atom. The van der Waals surface area contributed by atoms with Crippen LogP contribution in [0.25, 0.3) is 0 Å². The smallest absolute Gasteiger partial charge is 0.408 e. The summed E-state index contributed by atoms with van der Waals surface area (Å²) in [6, 6.07) is 8.98. The van der Waals surface area contributed by atoms with Crippen LogP contribution >= 0.6 is 0 Å². The Morgan fingerprint density at radius 3 is 2.30 bits per heavy atom. The summed E-state index contributed by atoms with van der Waals surface area (Å²) < 4.78 is 5.44. The van der Waals surface area contributed by atoms with Gasteiger partial charge < -0.3 is 15.0 Å². The van der Waals surface area contributed by atoms with Gasteiger partial charge in [-0.2, -0.15) is 0 Å². The van der Waals surface area contributed by atoms with Gasteiger partial charge in [-0.3, -0.25) is 4.79 Å². The summed E-state index contributed by atoms with van der Waals surface area (Å²) >= 11 is 0. The summed E-state index contributed by atoms with van der Waals surface area (Å²) in [7, 11) is 0. The summed E-state index contributed by atoms with van der Waals surface area (Å²) in [6.45, 7) is 15.5. The lowest BCUT2D eigenvalue weighted by atomic mass is 9.97. The van der Waals surface area contributed by atoms with Crippen LogP contribution in [-0.4, -0.2) is 35.1 Å². The van der Waals surface area contributed by atoms with E-state index in [2.05, 4.69) is 11.9 Å². The van der Waals surface area contributed by atoms with Gasteiger partial charge in [0.05, 0.1) is 12.1 Å². The van der Waals surface area contributed by atoms with E-state index < -0.39 is 17.7 Å². The van der Waals surface area contributed by atoms with Crippen LogP contribution in [0.3, 0.4) is 0 Å². The van der Waals surface area contributed by atoms with Crippen molar-refractivity contribution in [2.45, 2.75) is 65.6 Å². The third-order valence-electron chi connectivity index (χ3n) is 4.45. The molecule has 1 aromatic carbocycles. The average molecular weight is 375 g/mol. The van der Waals surface area contributed by atoms with Crippen molar-refractivity contribution in [2.75, 3.05) is 6.54 Å². The lowest BCUT2D eigenvalue weighted by molar-refractivity contribution is -0.137. The van der Waals surface area contributed by atoms with Crippen LogP contribution in [0.1, 0.15) is 59.6 Å². The van der Waals surface area contributed by atoms with Gasteiger partial charge in [0.1, 0.15) is 5.60 Å². The zero-order valence-corrected chi connectivity index (χ0v) is 17.5. The van der Waals surface area contributed by atoms with Gasteiger partial charge in [0.2, 0.25) is 5.91 Å². The van der Waals surface area contributed by atoms with Gasteiger partial charge in [0, 0.05) is 12.5 Å². The van der Waals surface area contributed by atoms with Crippen LogP contribution < -0.4 is 5.32 Å². The minimum absolute atomic E-state index is 0.0526. The Hall–Kier alpha value is -2.30. The standard InChI is InChI=1S/C22H34N2O3/c1-8-15-24(20(25)16(3)9-2)17(4)19(18-13-11-10-12-14-18)23-21(26)27-22(5,6)7/h8,10-14,16-17,19H,1,9,15H2,2-7H3,(H,23,26)/t16?,17?,19-/m0/s1. The number of amides is 2. The van der Waals surface area contributed by atoms with Gasteiger partial charge in [0.25, 0.3) is 0 Å². The molecule has 0 radical (unpaired) electrons. The summed E-state index contributed by atoms with van der Waals surface area (Å²) in [4.78, 5) is 27.1. The van der Waals surface area contributed by atoms with Crippen molar-refractivity contribution in [1.29, 1.82) is 0 Å². The Morgan fingerprint density at radius 2 is 1.81 bits per heavy atom. The van der Waals surface area contributed by atoms with E-state index in [0.29, 0.717) is 6.54 Å². The number of nitrogens with zero attached hydrogens (tertiary/aromatic N) is 1. The SMILES string of the molecule is C=CCN(C(=O)C(C)CC)C(C)[C@H](NC(=O)OC(C)(C)C)c1ccccc1. The molecule has 27 heavy (non-hydrogen) atoms. The van der Waals surface area contributed by atoms with Crippen LogP contribution in [0.4, 0.5) is 4.79 Å². The van der Waals surface area contributed by atoms with Crippen molar-refractivity contribution in [2.24, 2.45) is 5.92 Å². The van der Waals surface area contributed by atoms with E-state index >= 15 is 0 Å². The van der Waals surface area contributed by atoms with Crippen molar-refractivity contribution < 1.29 is 14.3 Å². The van der Waals surface area contributed by atoms with Gasteiger partial charge in [-0.05, 0) is 39.7 Å². The number of carbonyl (C=O) groups is 2. The van der Waals surface area contributed by atoms with Crippen LogP contribution in [-0.2, 0) is 9.53 Å². The second-order valence-corrected chi connectivity index (χ2v) is 7.86. The van der Waals surface area contributed by atoms with Crippen molar-refractivity contribution in [3.8, 4) is 0 Å². The highest BCUT2D eigenvalue weighted by Gasteiger charge is 2.31. The van der Waals surface area contributed by atoms with E-state index in [-0.39, 0.29) is 17.9 Å². The van der Waals surface area contributed by atoms with Crippen molar-refractivity contribution in [3.05, 3.63) is 48.6 Å². The van der Waals surface area contributed by atoms with E-state index in [9.17, 15) is 9.59 Å². The second kappa shape index (κ2) is 10.1. The third-order valence-corrected chi connectivity index (χ3v) is 4.45. The lowest BCUT2D eigenvalue weighted by Crippen LogP contribution is -2.49. The van der Waals surface area contributed by atoms with E-state index in [4.69, 9.17) is 4.74 Å². The minimum Gasteiger partial charge on any atom is -0.444 e. The number of rotatable bonds is 8. The van der Waals surface area contributed by atoms with Crippen molar-refractivity contribution in [3.63, 3.8) is 0 Å². The van der Waals surface area contributed by atoms with E-state index in [1.807, 2.05) is 71.9 Å². The molecule has 1 N–H and O–H groups in total. The number of carbonyl (C=O) groups excluding carboxylic acids is 2. The van der Waals surface area contributed by atoms with Crippen molar-refractivity contribution >= 4 is 12.0 Å². The molecular weight excluding hydrogens is 340 g/mol. The maximum Gasteiger partial charge on any atom is 0.408 e. The normalized spacial score (nSPS) is 14.6. The number of hydrogen-bond acceptors (Lipinski definition) is 3. The molecular formula is C22H34N2O3. The molecule has 0 saturated carbocycles. The summed E-state index contributed by atoms with van der Waals surface area (Å²) in [5.74, 6) is -0.0397. The molecule has 2 amide bonds.